The van der Waals surface area contributed by atoms with Crippen LogP contribution >= 0.6 is 12.4 Å². The van der Waals surface area contributed by atoms with Crippen molar-refractivity contribution in [3.05, 3.63) is 0 Å². The van der Waals surface area contributed by atoms with Crippen LogP contribution in [0.15, 0.2) is 0 Å². The van der Waals surface area contributed by atoms with Crippen molar-refractivity contribution in [1.82, 2.24) is 0 Å². The molecule has 159 valence electrons. The Bertz CT molecular complexity index is 226. The van der Waals surface area contributed by atoms with Gasteiger partial charge in [-0.2, -0.15) is 0 Å². The first-order valence-corrected chi connectivity index (χ1v) is 18.0. The molecule has 1 radical (unpaired) electrons. The van der Waals surface area contributed by atoms with Gasteiger partial charge < -0.3 is 0 Å². The van der Waals surface area contributed by atoms with Gasteiger partial charge in [-0.1, -0.05) is 0 Å². The molecule has 0 aromatic heterocycles. The van der Waals surface area contributed by atoms with Gasteiger partial charge in [0.2, 0.25) is 0 Å². The van der Waals surface area contributed by atoms with E-state index in [1.165, 1.54) is 77.0 Å². The normalized spacial score (nSPS) is 14.9. The van der Waals surface area contributed by atoms with Crippen molar-refractivity contribution in [1.29, 1.82) is 0 Å². The maximum Gasteiger partial charge on any atom is -0.147 e. The van der Waals surface area contributed by atoms with E-state index in [2.05, 4.69) is 41.5 Å². The second-order valence-electron chi connectivity index (χ2n) is 8.61. The smallest absolute Gasteiger partial charge is 0.147 e. The van der Waals surface area contributed by atoms with Crippen LogP contribution in [0.3, 0.4) is 0 Å². The molecule has 0 spiro atoms. The quantitative estimate of drug-likeness (QED) is 0.166. The molecule has 0 aromatic rings. The van der Waals surface area contributed by atoms with Crippen molar-refractivity contribution in [3.63, 3.8) is 0 Å². The summed E-state index contributed by atoms with van der Waals surface area (Å²) in [6, 6.07) is 0. The van der Waals surface area contributed by atoms with Gasteiger partial charge in [-0.25, -0.2) is 0 Å². The summed E-state index contributed by atoms with van der Waals surface area (Å²) < 4.78 is 5.14. The molecule has 0 fully saturated rings. The van der Waals surface area contributed by atoms with Crippen LogP contribution in [0, 0.1) is 17.8 Å². The van der Waals surface area contributed by atoms with Crippen LogP contribution in [-0.4, -0.2) is 19.8 Å². The van der Waals surface area contributed by atoms with Gasteiger partial charge in [0.15, 0.2) is 0 Å². The molecule has 0 aliphatic rings. The van der Waals surface area contributed by atoms with Crippen LogP contribution in [0.25, 0.3) is 0 Å². The van der Waals surface area contributed by atoms with E-state index in [4.69, 9.17) is 0 Å². The summed E-state index contributed by atoms with van der Waals surface area (Å²) in [5.41, 5.74) is 0. The Morgan fingerprint density at radius 1 is 0.500 bits per heavy atom. The summed E-state index contributed by atoms with van der Waals surface area (Å²) in [6.07, 6.45) is 17.5. The minimum atomic E-state index is -1.25. The standard InChI is InChI=1S/3C8H17.ClH.Sn/c3*1-4-6-7-8(3)5-2;;/h3*8H,3-7H2,1-2H3;1H;. The molecule has 2 heteroatoms. The molecule has 26 heavy (non-hydrogen) atoms. The molecule has 3 atom stereocenters. The predicted molar refractivity (Wildman–Crippen MR) is 127 cm³/mol. The van der Waals surface area contributed by atoms with Crippen molar-refractivity contribution in [2.75, 3.05) is 0 Å². The second-order valence-corrected chi connectivity index (χ2v) is 16.4. The van der Waals surface area contributed by atoms with Gasteiger partial charge in [-0.15, -0.1) is 12.4 Å². The molecule has 0 N–H and O–H groups in total. The van der Waals surface area contributed by atoms with E-state index in [-0.39, 0.29) is 12.4 Å². The van der Waals surface area contributed by atoms with Crippen LogP contribution in [0.5, 0.6) is 0 Å². The van der Waals surface area contributed by atoms with Crippen molar-refractivity contribution in [3.8, 4) is 0 Å². The molecule has 0 aromatic carbocycles. The van der Waals surface area contributed by atoms with Gasteiger partial charge in [0.05, 0.1) is 0 Å². The molecule has 0 aliphatic carbocycles. The summed E-state index contributed by atoms with van der Waals surface area (Å²) in [7, 11) is 0. The molecular weight excluding hydrogens is 442 g/mol. The average molecular weight is 495 g/mol. The fraction of sp³-hybridized carbons (Fsp3) is 1.00. The molecular formula is C24H52ClSn. The van der Waals surface area contributed by atoms with Crippen molar-refractivity contribution in [2.24, 2.45) is 17.8 Å². The minimum Gasteiger partial charge on any atom is -0.147 e. The zero-order valence-corrected chi connectivity index (χ0v) is 22.9. The first-order chi connectivity index (χ1) is 12.1. The third kappa shape index (κ3) is 15.1. The molecule has 0 rings (SSSR count). The van der Waals surface area contributed by atoms with Crippen molar-refractivity contribution in [2.45, 2.75) is 132 Å². The molecule has 3 unspecified atom stereocenters. The number of hydrogen-bond donors (Lipinski definition) is 0. The largest absolute Gasteiger partial charge is 0.147 e. The van der Waals surface area contributed by atoms with E-state index in [1.807, 2.05) is 0 Å². The Morgan fingerprint density at radius 3 is 0.962 bits per heavy atom. The third-order valence-electron chi connectivity index (χ3n) is 6.36. The third-order valence-corrected chi connectivity index (χ3v) is 16.2. The first-order valence-electron chi connectivity index (χ1n) is 12.0. The monoisotopic (exact) mass is 495 g/mol. The van der Waals surface area contributed by atoms with Crippen LogP contribution in [0.1, 0.15) is 119 Å². The Hall–Kier alpha value is 1.09. The van der Waals surface area contributed by atoms with Gasteiger partial charge in [0.1, 0.15) is 0 Å². The number of halogens is 1. The Morgan fingerprint density at radius 2 is 0.769 bits per heavy atom. The molecule has 0 bridgehead atoms. The van der Waals surface area contributed by atoms with E-state index < -0.39 is 19.8 Å². The molecule has 0 nitrogen and oxygen atoms in total. The maximum absolute atomic E-state index is 2.46. The molecule has 0 saturated carbocycles. The van der Waals surface area contributed by atoms with Crippen molar-refractivity contribution < 1.29 is 0 Å². The second kappa shape index (κ2) is 20.8. The molecule has 0 saturated heterocycles. The Kier molecular flexibility index (Phi) is 23.4. The molecule has 0 aliphatic heterocycles. The minimum absolute atomic E-state index is 0. The molecule has 0 amide bonds. The predicted octanol–water partition coefficient (Wildman–Crippen LogP) is 9.55. The van der Waals surface area contributed by atoms with E-state index in [0.717, 1.165) is 17.8 Å². The van der Waals surface area contributed by atoms with Crippen LogP contribution < -0.4 is 0 Å². The topological polar surface area (TPSA) is 0 Å². The maximum atomic E-state index is 2.46. The van der Waals surface area contributed by atoms with E-state index in [1.54, 1.807) is 13.3 Å². The fourth-order valence-corrected chi connectivity index (χ4v) is 16.9. The van der Waals surface area contributed by atoms with E-state index >= 15 is 0 Å². The summed E-state index contributed by atoms with van der Waals surface area (Å²) in [4.78, 5) is 0. The van der Waals surface area contributed by atoms with Gasteiger partial charge >= 0.3 is 169 Å². The first kappa shape index (κ1) is 29.3. The average Bonchev–Trinajstić information content (AvgIpc) is 2.64. The van der Waals surface area contributed by atoms with Crippen molar-refractivity contribution >= 4 is 32.2 Å². The summed E-state index contributed by atoms with van der Waals surface area (Å²) in [5.74, 6) is 3.21. The summed E-state index contributed by atoms with van der Waals surface area (Å²) >= 11 is -1.25. The van der Waals surface area contributed by atoms with Gasteiger partial charge in [-0.3, -0.25) is 0 Å². The van der Waals surface area contributed by atoms with Gasteiger partial charge in [-0.05, 0) is 0 Å². The molecule has 0 heterocycles. The van der Waals surface area contributed by atoms with Gasteiger partial charge in [0.25, 0.3) is 0 Å². The fourth-order valence-electron chi connectivity index (χ4n) is 4.30. The number of hydrogen-bond acceptors (Lipinski definition) is 0. The SMILES string of the molecule is CCCCC(CC)[CH2][Sn]([CH2]C(CC)CCCC)[CH2]C(CC)CCCC.Cl. The van der Waals surface area contributed by atoms with Crippen LogP contribution in [0.4, 0.5) is 0 Å². The zero-order valence-electron chi connectivity index (χ0n) is 19.2. The van der Waals surface area contributed by atoms with E-state index in [9.17, 15) is 0 Å². The summed E-state index contributed by atoms with van der Waals surface area (Å²) in [5, 5.41) is 0. The van der Waals surface area contributed by atoms with E-state index in [0.29, 0.717) is 0 Å². The van der Waals surface area contributed by atoms with Crippen LogP contribution in [0.2, 0.25) is 13.3 Å². The van der Waals surface area contributed by atoms with Crippen LogP contribution in [-0.2, 0) is 0 Å². The number of unbranched alkanes of at least 4 members (excludes halogenated alkanes) is 3. The zero-order chi connectivity index (χ0) is 18.9. The Balaban J connectivity index is 0. The van der Waals surface area contributed by atoms with Gasteiger partial charge in [0, 0.05) is 0 Å². The Labute approximate surface area is 181 Å². The number of rotatable bonds is 18. The summed E-state index contributed by atoms with van der Waals surface area (Å²) in [6.45, 7) is 14.5.